The highest BCUT2D eigenvalue weighted by Gasteiger charge is 2.36. The van der Waals surface area contributed by atoms with Crippen LogP contribution >= 0.6 is 0 Å². The first-order chi connectivity index (χ1) is 16.5. The van der Waals surface area contributed by atoms with Gasteiger partial charge in [0.05, 0.1) is 25.3 Å². The quantitative estimate of drug-likeness (QED) is 0.608. The number of hydrogen-bond donors (Lipinski definition) is 2. The number of benzene rings is 2. The summed E-state index contributed by atoms with van der Waals surface area (Å²) in [6.07, 6.45) is 0. The van der Waals surface area contributed by atoms with Crippen LogP contribution in [0.2, 0.25) is 0 Å². The number of nitrogens with zero attached hydrogens (tertiary/aromatic N) is 2. The number of amides is 2. The van der Waals surface area contributed by atoms with Gasteiger partial charge in [-0.05, 0) is 37.3 Å². The first-order valence-electron chi connectivity index (χ1n) is 11.3. The maximum atomic E-state index is 13.2. The summed E-state index contributed by atoms with van der Waals surface area (Å²) in [6, 6.07) is 12.7. The van der Waals surface area contributed by atoms with E-state index in [0.29, 0.717) is 29.1 Å². The molecule has 1 saturated heterocycles. The number of nitrogens with one attached hydrogen (secondary N) is 2. The minimum Gasteiger partial charge on any atom is -0.496 e. The van der Waals surface area contributed by atoms with Gasteiger partial charge in [0.25, 0.3) is 0 Å². The second-order valence-corrected chi connectivity index (χ2v) is 8.13. The molecule has 2 N–H and O–H groups in total. The van der Waals surface area contributed by atoms with Crippen LogP contribution in [0.15, 0.2) is 59.8 Å². The van der Waals surface area contributed by atoms with Gasteiger partial charge in [-0.2, -0.15) is 0 Å². The topological polar surface area (TPSA) is 83.1 Å². The third-order valence-electron chi connectivity index (χ3n) is 6.04. The van der Waals surface area contributed by atoms with E-state index in [1.165, 1.54) is 12.1 Å². The zero-order valence-corrected chi connectivity index (χ0v) is 19.3. The Hall–Kier alpha value is -3.59. The van der Waals surface area contributed by atoms with Crippen LogP contribution in [0, 0.1) is 5.82 Å². The zero-order chi connectivity index (χ0) is 24.1. The van der Waals surface area contributed by atoms with E-state index in [1.807, 2.05) is 18.2 Å². The summed E-state index contributed by atoms with van der Waals surface area (Å²) in [5.41, 5.74) is 2.54. The molecular formula is C25H29FN4O4. The smallest absolute Gasteiger partial charge is 0.338 e. The highest BCUT2D eigenvalue weighted by Crippen LogP contribution is 2.33. The van der Waals surface area contributed by atoms with Gasteiger partial charge < -0.3 is 25.0 Å². The predicted octanol–water partition coefficient (Wildman–Crippen LogP) is 2.83. The number of halogens is 1. The molecule has 34 heavy (non-hydrogen) atoms. The standard InChI is InChI=1S/C25H29FN4O4/c1-3-34-24(31)22-20(27-25(32)28-23(22)19-6-4-5-7-21(19)33-2)16-29-12-14-30(15-13-29)18-10-8-17(26)9-11-18/h4-11,23H,3,12-16H2,1-2H3,(H2,27,28,32)/t23-/m0/s1. The van der Waals surface area contributed by atoms with Gasteiger partial charge >= 0.3 is 12.0 Å². The molecule has 0 radical (unpaired) electrons. The predicted molar refractivity (Wildman–Crippen MR) is 126 cm³/mol. The molecule has 0 bridgehead atoms. The van der Waals surface area contributed by atoms with Crippen molar-refractivity contribution in [3.63, 3.8) is 0 Å². The van der Waals surface area contributed by atoms with Gasteiger partial charge in [-0.3, -0.25) is 4.90 Å². The van der Waals surface area contributed by atoms with Gasteiger partial charge in [-0.25, -0.2) is 14.0 Å². The van der Waals surface area contributed by atoms with Gasteiger partial charge in [0, 0.05) is 49.7 Å². The first-order valence-corrected chi connectivity index (χ1v) is 11.3. The molecule has 2 aliphatic heterocycles. The van der Waals surface area contributed by atoms with Crippen molar-refractivity contribution in [2.45, 2.75) is 13.0 Å². The lowest BCUT2D eigenvalue weighted by Crippen LogP contribution is -2.51. The van der Waals surface area contributed by atoms with Crippen LogP contribution in [0.4, 0.5) is 14.9 Å². The maximum absolute atomic E-state index is 13.2. The lowest BCUT2D eigenvalue weighted by Gasteiger charge is -2.38. The molecule has 0 aromatic heterocycles. The number of hydrogen-bond acceptors (Lipinski definition) is 6. The minimum atomic E-state index is -0.695. The Balaban J connectivity index is 1.57. The Morgan fingerprint density at radius 3 is 2.47 bits per heavy atom. The van der Waals surface area contributed by atoms with Crippen LogP contribution in [0.5, 0.6) is 5.75 Å². The van der Waals surface area contributed by atoms with E-state index in [4.69, 9.17) is 9.47 Å². The molecule has 0 saturated carbocycles. The van der Waals surface area contributed by atoms with Crippen molar-refractivity contribution in [3.05, 3.63) is 71.2 Å². The van der Waals surface area contributed by atoms with Gasteiger partial charge in [-0.15, -0.1) is 0 Å². The summed E-state index contributed by atoms with van der Waals surface area (Å²) in [6.45, 7) is 5.30. The normalized spacial score (nSPS) is 18.9. The lowest BCUT2D eigenvalue weighted by molar-refractivity contribution is -0.139. The van der Waals surface area contributed by atoms with Crippen molar-refractivity contribution in [1.29, 1.82) is 0 Å². The number of para-hydroxylation sites is 1. The van der Waals surface area contributed by atoms with Crippen molar-refractivity contribution < 1.29 is 23.5 Å². The average molecular weight is 469 g/mol. The van der Waals surface area contributed by atoms with Gasteiger partial charge in [-0.1, -0.05) is 18.2 Å². The molecule has 180 valence electrons. The number of methoxy groups -OCH3 is 1. The summed E-state index contributed by atoms with van der Waals surface area (Å²) < 4.78 is 24.1. The fourth-order valence-electron chi connectivity index (χ4n) is 4.37. The summed E-state index contributed by atoms with van der Waals surface area (Å²) in [5.74, 6) is -0.165. The van der Waals surface area contributed by atoms with E-state index in [0.717, 1.165) is 31.9 Å². The molecule has 0 aliphatic carbocycles. The van der Waals surface area contributed by atoms with Crippen molar-refractivity contribution in [2.24, 2.45) is 0 Å². The summed E-state index contributed by atoms with van der Waals surface area (Å²) in [7, 11) is 1.55. The van der Waals surface area contributed by atoms with E-state index in [2.05, 4.69) is 20.4 Å². The van der Waals surface area contributed by atoms with E-state index < -0.39 is 12.0 Å². The molecule has 2 heterocycles. The second kappa shape index (κ2) is 10.6. The van der Waals surface area contributed by atoms with E-state index in [9.17, 15) is 14.0 Å². The second-order valence-electron chi connectivity index (χ2n) is 8.13. The molecule has 2 aliphatic rings. The lowest BCUT2D eigenvalue weighted by atomic mass is 9.94. The van der Waals surface area contributed by atoms with Crippen molar-refractivity contribution in [3.8, 4) is 5.75 Å². The van der Waals surface area contributed by atoms with Crippen molar-refractivity contribution in [2.75, 3.05) is 51.3 Å². The van der Waals surface area contributed by atoms with Crippen LogP contribution in [0.25, 0.3) is 0 Å². The number of ether oxygens (including phenoxy) is 2. The molecule has 4 rings (SSSR count). The SMILES string of the molecule is CCOC(=O)C1=C(CN2CCN(c3ccc(F)cc3)CC2)NC(=O)N[C@H]1c1ccccc1OC. The van der Waals surface area contributed by atoms with E-state index in [-0.39, 0.29) is 18.5 Å². The van der Waals surface area contributed by atoms with Crippen LogP contribution in [-0.4, -0.2) is 63.3 Å². The summed E-state index contributed by atoms with van der Waals surface area (Å²) in [4.78, 5) is 30.0. The van der Waals surface area contributed by atoms with Crippen LogP contribution in [0.1, 0.15) is 18.5 Å². The fraction of sp³-hybridized carbons (Fsp3) is 0.360. The Bertz CT molecular complexity index is 1060. The minimum absolute atomic E-state index is 0.221. The van der Waals surface area contributed by atoms with Gasteiger partial charge in [0.15, 0.2) is 0 Å². The third kappa shape index (κ3) is 5.14. The number of rotatable bonds is 7. The monoisotopic (exact) mass is 468 g/mol. The molecule has 8 nitrogen and oxygen atoms in total. The molecular weight excluding hydrogens is 439 g/mol. The molecule has 2 amide bonds. The van der Waals surface area contributed by atoms with Crippen LogP contribution in [-0.2, 0) is 9.53 Å². The maximum Gasteiger partial charge on any atom is 0.338 e. The first kappa shape index (κ1) is 23.6. The Labute approximate surface area is 198 Å². The fourth-order valence-corrected chi connectivity index (χ4v) is 4.37. The Morgan fingerprint density at radius 2 is 1.79 bits per heavy atom. The molecule has 0 unspecified atom stereocenters. The zero-order valence-electron chi connectivity index (χ0n) is 19.3. The Kier molecular flexibility index (Phi) is 7.32. The van der Waals surface area contributed by atoms with Gasteiger partial charge in [0.1, 0.15) is 11.6 Å². The van der Waals surface area contributed by atoms with Crippen molar-refractivity contribution >= 4 is 17.7 Å². The number of piperazine rings is 1. The Morgan fingerprint density at radius 1 is 1.09 bits per heavy atom. The number of urea groups is 1. The van der Waals surface area contributed by atoms with Gasteiger partial charge in [0.2, 0.25) is 0 Å². The molecule has 9 heteroatoms. The number of esters is 1. The number of carbonyl (C=O) groups excluding carboxylic acids is 2. The summed E-state index contributed by atoms with van der Waals surface area (Å²) >= 11 is 0. The van der Waals surface area contributed by atoms with E-state index >= 15 is 0 Å². The molecule has 2 aromatic rings. The van der Waals surface area contributed by atoms with Crippen molar-refractivity contribution in [1.82, 2.24) is 15.5 Å². The molecule has 1 atom stereocenters. The third-order valence-corrected chi connectivity index (χ3v) is 6.04. The molecule has 0 spiro atoms. The highest BCUT2D eigenvalue weighted by molar-refractivity contribution is 5.95. The van der Waals surface area contributed by atoms with Crippen LogP contribution in [0.3, 0.4) is 0 Å². The number of anilines is 1. The number of carbonyl (C=O) groups is 2. The van der Waals surface area contributed by atoms with Crippen LogP contribution < -0.4 is 20.3 Å². The molecule has 1 fully saturated rings. The largest absolute Gasteiger partial charge is 0.496 e. The molecule has 2 aromatic carbocycles. The highest BCUT2D eigenvalue weighted by atomic mass is 19.1. The summed E-state index contributed by atoms with van der Waals surface area (Å²) in [5, 5.41) is 5.68. The average Bonchev–Trinajstić information content (AvgIpc) is 2.85. The van der Waals surface area contributed by atoms with E-state index in [1.54, 1.807) is 32.2 Å².